The minimum atomic E-state index is -0.950. The van der Waals surface area contributed by atoms with E-state index in [1.807, 2.05) is 6.92 Å². The molecule has 2 unspecified atom stereocenters. The van der Waals surface area contributed by atoms with Crippen LogP contribution < -0.4 is 5.32 Å². The van der Waals surface area contributed by atoms with E-state index in [1.165, 1.54) is 0 Å². The molecule has 1 fully saturated rings. The molecule has 0 aromatic rings. The number of nitrogens with one attached hydrogen (secondary N) is 1. The number of hydrogen-bond acceptors (Lipinski definition) is 4. The van der Waals surface area contributed by atoms with E-state index in [4.69, 9.17) is 14.9 Å². The average Bonchev–Trinajstić information content (AvgIpc) is 2.29. The van der Waals surface area contributed by atoms with Gasteiger partial charge in [0.2, 0.25) is 0 Å². The summed E-state index contributed by atoms with van der Waals surface area (Å²) in [4.78, 5) is 23.6. The highest BCUT2D eigenvalue weighted by molar-refractivity contribution is 5.75. The number of morpholine rings is 1. The molecule has 0 bridgehead atoms. The quantitative estimate of drug-likeness (QED) is 0.606. The standard InChI is InChI=1S/C10H18N2O5/c1-7-6-17-8(5-13)4-12(7)10(16)11-3-2-9(14)15/h7-8,13H,2-6H2,1H3,(H,11,16)(H,14,15). The van der Waals surface area contributed by atoms with Crippen molar-refractivity contribution in [1.82, 2.24) is 10.2 Å². The molecule has 2 amide bonds. The van der Waals surface area contributed by atoms with Crippen molar-refractivity contribution >= 4 is 12.0 Å². The van der Waals surface area contributed by atoms with Crippen LogP contribution in [0.2, 0.25) is 0 Å². The van der Waals surface area contributed by atoms with E-state index in [1.54, 1.807) is 4.90 Å². The fraction of sp³-hybridized carbons (Fsp3) is 0.800. The van der Waals surface area contributed by atoms with Crippen molar-refractivity contribution in [3.05, 3.63) is 0 Å². The van der Waals surface area contributed by atoms with Crippen molar-refractivity contribution in [2.45, 2.75) is 25.5 Å². The van der Waals surface area contributed by atoms with E-state index in [0.29, 0.717) is 13.2 Å². The Morgan fingerprint density at radius 3 is 2.82 bits per heavy atom. The first-order valence-electron chi connectivity index (χ1n) is 5.53. The van der Waals surface area contributed by atoms with E-state index in [0.717, 1.165) is 0 Å². The largest absolute Gasteiger partial charge is 0.481 e. The average molecular weight is 246 g/mol. The third kappa shape index (κ3) is 4.20. The van der Waals surface area contributed by atoms with E-state index in [-0.39, 0.29) is 37.7 Å². The number of aliphatic carboxylic acids is 1. The summed E-state index contributed by atoms with van der Waals surface area (Å²) in [5, 5.41) is 19.9. The smallest absolute Gasteiger partial charge is 0.317 e. The highest BCUT2D eigenvalue weighted by Crippen LogP contribution is 2.11. The second kappa shape index (κ2) is 6.41. The van der Waals surface area contributed by atoms with E-state index >= 15 is 0 Å². The summed E-state index contributed by atoms with van der Waals surface area (Å²) in [7, 11) is 0. The molecule has 0 aliphatic carbocycles. The lowest BCUT2D eigenvalue weighted by Gasteiger charge is -2.37. The van der Waals surface area contributed by atoms with Gasteiger partial charge in [0.05, 0.1) is 38.3 Å². The van der Waals surface area contributed by atoms with E-state index < -0.39 is 5.97 Å². The Hall–Kier alpha value is -1.34. The number of ether oxygens (including phenoxy) is 1. The Labute approximate surface area is 99.4 Å². The number of nitrogens with zero attached hydrogens (tertiary/aromatic N) is 1. The van der Waals surface area contributed by atoms with Crippen LogP contribution in [0, 0.1) is 0 Å². The van der Waals surface area contributed by atoms with Crippen molar-refractivity contribution in [2.75, 3.05) is 26.3 Å². The highest BCUT2D eigenvalue weighted by Gasteiger charge is 2.28. The molecule has 1 aliphatic rings. The second-order valence-electron chi connectivity index (χ2n) is 4.01. The summed E-state index contributed by atoms with van der Waals surface area (Å²) >= 11 is 0. The molecule has 98 valence electrons. The molecule has 0 saturated carbocycles. The number of amides is 2. The maximum absolute atomic E-state index is 11.7. The third-order valence-corrected chi connectivity index (χ3v) is 2.59. The number of carboxylic acids is 1. The van der Waals surface area contributed by atoms with Crippen molar-refractivity contribution in [3.8, 4) is 0 Å². The van der Waals surface area contributed by atoms with Gasteiger partial charge in [-0.25, -0.2) is 4.79 Å². The van der Waals surface area contributed by atoms with Crippen molar-refractivity contribution in [1.29, 1.82) is 0 Å². The van der Waals surface area contributed by atoms with Gasteiger partial charge in [0.1, 0.15) is 0 Å². The Kier molecular flexibility index (Phi) is 5.17. The lowest BCUT2D eigenvalue weighted by atomic mass is 10.2. The Balaban J connectivity index is 2.40. The minimum Gasteiger partial charge on any atom is -0.481 e. The number of carbonyl (C=O) groups is 2. The predicted molar refractivity (Wildman–Crippen MR) is 58.6 cm³/mol. The first-order chi connectivity index (χ1) is 8.04. The third-order valence-electron chi connectivity index (χ3n) is 2.59. The van der Waals surface area contributed by atoms with Crippen molar-refractivity contribution in [3.63, 3.8) is 0 Å². The molecule has 17 heavy (non-hydrogen) atoms. The molecular weight excluding hydrogens is 228 g/mol. The van der Waals surface area contributed by atoms with Gasteiger partial charge in [0.25, 0.3) is 0 Å². The lowest BCUT2D eigenvalue weighted by molar-refractivity contribution is -0.136. The molecule has 7 heteroatoms. The predicted octanol–water partition coefficient (Wildman–Crippen LogP) is -0.748. The lowest BCUT2D eigenvalue weighted by Crippen LogP contribution is -2.55. The molecule has 1 heterocycles. The zero-order valence-electron chi connectivity index (χ0n) is 9.76. The summed E-state index contributed by atoms with van der Waals surface area (Å²) in [6, 6.07) is -0.400. The highest BCUT2D eigenvalue weighted by atomic mass is 16.5. The Morgan fingerprint density at radius 2 is 2.24 bits per heavy atom. The van der Waals surface area contributed by atoms with Gasteiger partial charge < -0.3 is 25.2 Å². The van der Waals surface area contributed by atoms with Crippen LogP contribution in [-0.2, 0) is 9.53 Å². The molecule has 7 nitrogen and oxygen atoms in total. The van der Waals surface area contributed by atoms with Gasteiger partial charge in [0, 0.05) is 6.54 Å². The number of hydrogen-bond donors (Lipinski definition) is 3. The molecule has 1 aliphatic heterocycles. The molecular formula is C10H18N2O5. The normalized spacial score (nSPS) is 24.5. The number of aliphatic hydroxyl groups excluding tert-OH is 1. The molecule has 2 atom stereocenters. The Bertz CT molecular complexity index is 284. The maximum Gasteiger partial charge on any atom is 0.317 e. The van der Waals surface area contributed by atoms with Crippen LogP contribution in [0.1, 0.15) is 13.3 Å². The van der Waals surface area contributed by atoms with Gasteiger partial charge in [-0.15, -0.1) is 0 Å². The number of aliphatic hydroxyl groups is 1. The molecule has 1 saturated heterocycles. The van der Waals surface area contributed by atoms with E-state index in [2.05, 4.69) is 5.32 Å². The van der Waals surface area contributed by atoms with Crippen molar-refractivity contribution < 1.29 is 24.5 Å². The zero-order valence-corrected chi connectivity index (χ0v) is 9.76. The van der Waals surface area contributed by atoms with Gasteiger partial charge in [-0.1, -0.05) is 0 Å². The van der Waals surface area contributed by atoms with Crippen LogP contribution in [0.5, 0.6) is 0 Å². The molecule has 3 N–H and O–H groups in total. The fourth-order valence-electron chi connectivity index (χ4n) is 1.59. The number of urea groups is 1. The summed E-state index contributed by atoms with van der Waals surface area (Å²) < 4.78 is 5.30. The van der Waals surface area contributed by atoms with E-state index in [9.17, 15) is 9.59 Å². The summed E-state index contributed by atoms with van der Waals surface area (Å²) in [5.41, 5.74) is 0. The minimum absolute atomic E-state index is 0.0809. The Morgan fingerprint density at radius 1 is 1.53 bits per heavy atom. The van der Waals surface area contributed by atoms with Crippen LogP contribution in [0.15, 0.2) is 0 Å². The van der Waals surface area contributed by atoms with Crippen molar-refractivity contribution in [2.24, 2.45) is 0 Å². The van der Waals surface area contributed by atoms with Gasteiger partial charge >= 0.3 is 12.0 Å². The van der Waals surface area contributed by atoms with Crippen LogP contribution in [0.4, 0.5) is 4.79 Å². The van der Waals surface area contributed by atoms with Gasteiger partial charge in [-0.3, -0.25) is 4.79 Å². The molecule has 0 spiro atoms. The van der Waals surface area contributed by atoms with Crippen LogP contribution >= 0.6 is 0 Å². The first-order valence-corrected chi connectivity index (χ1v) is 5.53. The molecule has 0 aromatic carbocycles. The number of carboxylic acid groups (broad SMARTS) is 1. The van der Waals surface area contributed by atoms with Crippen LogP contribution in [0.25, 0.3) is 0 Å². The van der Waals surface area contributed by atoms with Gasteiger partial charge in [-0.2, -0.15) is 0 Å². The second-order valence-corrected chi connectivity index (χ2v) is 4.01. The number of rotatable bonds is 4. The molecule has 1 rings (SSSR count). The zero-order chi connectivity index (χ0) is 12.8. The molecule has 0 radical (unpaired) electrons. The molecule has 0 aromatic heterocycles. The monoisotopic (exact) mass is 246 g/mol. The van der Waals surface area contributed by atoms with Gasteiger partial charge in [-0.05, 0) is 6.92 Å². The summed E-state index contributed by atoms with van der Waals surface area (Å²) in [5.74, 6) is -0.950. The maximum atomic E-state index is 11.7. The topological polar surface area (TPSA) is 99.1 Å². The SMILES string of the molecule is CC1COC(CO)CN1C(=O)NCCC(=O)O. The van der Waals surface area contributed by atoms with Crippen LogP contribution in [0.3, 0.4) is 0 Å². The van der Waals surface area contributed by atoms with Crippen LogP contribution in [-0.4, -0.2) is 65.6 Å². The number of carbonyl (C=O) groups excluding carboxylic acids is 1. The summed E-state index contributed by atoms with van der Waals surface area (Å²) in [6.07, 6.45) is -0.468. The fourth-order valence-corrected chi connectivity index (χ4v) is 1.59. The first kappa shape index (κ1) is 13.7. The summed E-state index contributed by atoms with van der Waals surface area (Å²) in [6.45, 7) is 2.49. The van der Waals surface area contributed by atoms with Gasteiger partial charge in [0.15, 0.2) is 0 Å².